The second kappa shape index (κ2) is 4.71. The molecule has 2 N–H and O–H groups in total. The van der Waals surface area contributed by atoms with E-state index in [1.54, 1.807) is 10.9 Å². The highest BCUT2D eigenvalue weighted by atomic mass is 16.1. The topological polar surface area (TPSA) is 75.6 Å². The molecule has 0 spiro atoms. The maximum atomic E-state index is 12.4. The normalized spacial score (nSPS) is 32.1. The molecule has 2 bridgehead atoms. The van der Waals surface area contributed by atoms with Gasteiger partial charge < -0.3 is 5.32 Å². The highest BCUT2D eigenvalue weighted by Crippen LogP contribution is 2.66. The summed E-state index contributed by atoms with van der Waals surface area (Å²) in [5.74, 6) is 3.93. The summed E-state index contributed by atoms with van der Waals surface area (Å²) < 4.78 is 1.73. The summed E-state index contributed by atoms with van der Waals surface area (Å²) in [6, 6.07) is 10.3. The Morgan fingerprint density at radius 2 is 1.88 bits per heavy atom. The number of aromatic amines is 1. The molecule has 2 aromatic heterocycles. The fourth-order valence-corrected chi connectivity index (χ4v) is 5.42. The zero-order chi connectivity index (χ0) is 16.5. The summed E-state index contributed by atoms with van der Waals surface area (Å²) in [5.41, 5.74) is 1.37. The molecular formula is C19H19N5O. The van der Waals surface area contributed by atoms with Gasteiger partial charge in [-0.2, -0.15) is 10.1 Å². The highest BCUT2D eigenvalue weighted by molar-refractivity contribution is 5.76. The Morgan fingerprint density at radius 1 is 1.12 bits per heavy atom. The van der Waals surface area contributed by atoms with Gasteiger partial charge in [0.2, 0.25) is 5.95 Å². The van der Waals surface area contributed by atoms with Gasteiger partial charge in [-0.3, -0.25) is 9.78 Å². The Hall–Kier alpha value is -2.63. The summed E-state index contributed by atoms with van der Waals surface area (Å²) in [4.78, 5) is 20.0. The maximum Gasteiger partial charge on any atom is 0.263 e. The van der Waals surface area contributed by atoms with Gasteiger partial charge in [0, 0.05) is 6.04 Å². The minimum absolute atomic E-state index is 0.136. The smallest absolute Gasteiger partial charge is 0.263 e. The molecule has 1 aromatic carbocycles. The van der Waals surface area contributed by atoms with Crippen LogP contribution in [0.15, 0.2) is 41.3 Å². The van der Waals surface area contributed by atoms with Crippen molar-refractivity contribution in [3.05, 3.63) is 46.9 Å². The van der Waals surface area contributed by atoms with Crippen LogP contribution in [0.4, 0.5) is 5.95 Å². The number of nitrogens with one attached hydrogen (secondary N) is 2. The highest BCUT2D eigenvalue weighted by Gasteiger charge is 2.65. The molecule has 6 rings (SSSR count). The van der Waals surface area contributed by atoms with Gasteiger partial charge in [-0.05, 0) is 55.1 Å². The molecule has 6 heteroatoms. The molecule has 0 amide bonds. The van der Waals surface area contributed by atoms with Crippen molar-refractivity contribution >= 4 is 17.0 Å². The molecule has 4 atom stereocenters. The molecule has 3 aromatic rings. The molecule has 0 saturated heterocycles. The Balaban J connectivity index is 1.38. The molecule has 0 radical (unpaired) electrons. The number of para-hydroxylation sites is 1. The molecule has 3 saturated carbocycles. The predicted octanol–water partition coefficient (Wildman–Crippen LogP) is 2.57. The van der Waals surface area contributed by atoms with E-state index in [1.165, 1.54) is 19.3 Å². The van der Waals surface area contributed by atoms with E-state index >= 15 is 0 Å². The first-order valence-electron chi connectivity index (χ1n) is 9.09. The Kier molecular flexibility index (Phi) is 2.57. The summed E-state index contributed by atoms with van der Waals surface area (Å²) in [7, 11) is 0. The first kappa shape index (κ1) is 13.6. The Morgan fingerprint density at radius 3 is 2.64 bits per heavy atom. The number of rotatable bonds is 3. The number of H-pyrrole nitrogens is 1. The third kappa shape index (κ3) is 1.88. The fourth-order valence-electron chi connectivity index (χ4n) is 5.42. The van der Waals surface area contributed by atoms with Crippen LogP contribution in [-0.2, 0) is 0 Å². The van der Waals surface area contributed by atoms with Crippen LogP contribution in [0.3, 0.4) is 0 Å². The standard InChI is InChI=1S/C19H19N5O/c25-18-13-9-20-24(12-4-2-1-3-5-12)17(13)22-19(23-18)21-16-14-10-6-7-11(8-10)15(14)16/h1-5,9-11,14-16H,6-8H2,(H2,21,22,23,25). The van der Waals surface area contributed by atoms with Crippen molar-refractivity contribution < 1.29 is 0 Å². The molecule has 4 unspecified atom stereocenters. The van der Waals surface area contributed by atoms with E-state index in [0.717, 1.165) is 29.4 Å². The summed E-state index contributed by atoms with van der Waals surface area (Å²) >= 11 is 0. The predicted molar refractivity (Wildman–Crippen MR) is 94.7 cm³/mol. The van der Waals surface area contributed by atoms with E-state index in [9.17, 15) is 4.79 Å². The molecule has 3 aliphatic rings. The van der Waals surface area contributed by atoms with Crippen molar-refractivity contribution in [3.8, 4) is 5.69 Å². The molecule has 0 aliphatic heterocycles. The van der Waals surface area contributed by atoms with Gasteiger partial charge in [0.15, 0.2) is 5.65 Å². The van der Waals surface area contributed by atoms with Gasteiger partial charge in [-0.25, -0.2) is 4.68 Å². The second-order valence-electron chi connectivity index (χ2n) is 7.70. The lowest BCUT2D eigenvalue weighted by Gasteiger charge is -2.11. The number of nitrogens with zero attached hydrogens (tertiary/aromatic N) is 3. The number of anilines is 1. The van der Waals surface area contributed by atoms with Crippen LogP contribution >= 0.6 is 0 Å². The first-order chi connectivity index (χ1) is 12.3. The van der Waals surface area contributed by atoms with E-state index < -0.39 is 0 Å². The second-order valence-corrected chi connectivity index (χ2v) is 7.70. The monoisotopic (exact) mass is 333 g/mol. The van der Waals surface area contributed by atoms with Crippen LogP contribution in [0.1, 0.15) is 19.3 Å². The van der Waals surface area contributed by atoms with Gasteiger partial charge in [-0.15, -0.1) is 0 Å². The molecular weight excluding hydrogens is 314 g/mol. The van der Waals surface area contributed by atoms with Crippen LogP contribution < -0.4 is 10.9 Å². The van der Waals surface area contributed by atoms with Crippen LogP contribution in [0, 0.1) is 23.7 Å². The lowest BCUT2D eigenvalue weighted by Crippen LogP contribution is -2.18. The SMILES string of the molecule is O=c1[nH]c(NC2C3C4CCC(C4)C23)nc2c1cnn2-c1ccccc1. The van der Waals surface area contributed by atoms with E-state index in [4.69, 9.17) is 0 Å². The Bertz CT molecular complexity index is 1010. The number of fused-ring (bicyclic) bond motifs is 6. The largest absolute Gasteiger partial charge is 0.352 e. The first-order valence-corrected chi connectivity index (χ1v) is 9.09. The number of benzene rings is 1. The zero-order valence-corrected chi connectivity index (χ0v) is 13.7. The fraction of sp³-hybridized carbons (Fsp3) is 0.421. The molecule has 3 fully saturated rings. The number of hydrogen-bond acceptors (Lipinski definition) is 4. The van der Waals surface area contributed by atoms with Crippen molar-refractivity contribution in [1.29, 1.82) is 0 Å². The molecule has 6 nitrogen and oxygen atoms in total. The Labute approximate surface area is 144 Å². The lowest BCUT2D eigenvalue weighted by molar-refractivity contribution is 0.456. The average molecular weight is 333 g/mol. The summed E-state index contributed by atoms with van der Waals surface area (Å²) in [6.45, 7) is 0. The van der Waals surface area contributed by atoms with Gasteiger partial charge in [0.05, 0.1) is 11.9 Å². The molecule has 25 heavy (non-hydrogen) atoms. The van der Waals surface area contributed by atoms with Crippen molar-refractivity contribution in [3.63, 3.8) is 0 Å². The third-order valence-electron chi connectivity index (χ3n) is 6.48. The molecule has 2 heterocycles. The average Bonchev–Trinajstić information content (AvgIpc) is 3.01. The van der Waals surface area contributed by atoms with Crippen molar-refractivity contribution in [1.82, 2.24) is 19.7 Å². The summed E-state index contributed by atoms with van der Waals surface area (Å²) in [6.07, 6.45) is 5.77. The van der Waals surface area contributed by atoms with Crippen LogP contribution in [-0.4, -0.2) is 25.8 Å². The van der Waals surface area contributed by atoms with Crippen LogP contribution in [0.2, 0.25) is 0 Å². The van der Waals surface area contributed by atoms with E-state index in [1.807, 2.05) is 30.3 Å². The lowest BCUT2D eigenvalue weighted by atomic mass is 10.0. The van der Waals surface area contributed by atoms with E-state index in [0.29, 0.717) is 23.0 Å². The zero-order valence-electron chi connectivity index (χ0n) is 13.7. The van der Waals surface area contributed by atoms with Gasteiger partial charge in [0.1, 0.15) is 5.39 Å². The van der Waals surface area contributed by atoms with Crippen LogP contribution in [0.5, 0.6) is 0 Å². The van der Waals surface area contributed by atoms with Gasteiger partial charge in [0.25, 0.3) is 5.56 Å². The quantitative estimate of drug-likeness (QED) is 0.772. The summed E-state index contributed by atoms with van der Waals surface area (Å²) in [5, 5.41) is 8.39. The number of hydrogen-bond donors (Lipinski definition) is 2. The van der Waals surface area contributed by atoms with Crippen molar-refractivity contribution in [2.75, 3.05) is 5.32 Å². The molecule has 3 aliphatic carbocycles. The third-order valence-corrected chi connectivity index (χ3v) is 6.48. The number of aromatic nitrogens is 4. The minimum atomic E-state index is -0.136. The maximum absolute atomic E-state index is 12.4. The van der Waals surface area contributed by atoms with Gasteiger partial charge >= 0.3 is 0 Å². The van der Waals surface area contributed by atoms with E-state index in [-0.39, 0.29) is 5.56 Å². The van der Waals surface area contributed by atoms with Crippen LogP contribution in [0.25, 0.3) is 16.7 Å². The molecule has 126 valence electrons. The minimum Gasteiger partial charge on any atom is -0.352 e. The van der Waals surface area contributed by atoms with Crippen molar-refractivity contribution in [2.45, 2.75) is 25.3 Å². The van der Waals surface area contributed by atoms with Crippen molar-refractivity contribution in [2.24, 2.45) is 23.7 Å². The van der Waals surface area contributed by atoms with E-state index in [2.05, 4.69) is 20.4 Å². The van der Waals surface area contributed by atoms with Gasteiger partial charge in [-0.1, -0.05) is 18.2 Å².